The number of rotatable bonds is 4. The van der Waals surface area contributed by atoms with Crippen LogP contribution in [0.2, 0.25) is 0 Å². The van der Waals surface area contributed by atoms with Crippen molar-refractivity contribution >= 4 is 11.8 Å². The minimum Gasteiger partial charge on any atom is -0.359 e. The summed E-state index contributed by atoms with van der Waals surface area (Å²) in [7, 11) is 3.21. The quantitative estimate of drug-likeness (QED) is 0.632. The fourth-order valence-corrected chi connectivity index (χ4v) is 0.988. The maximum atomic E-state index is 11.5. The van der Waals surface area contributed by atoms with E-state index in [0.29, 0.717) is 13.0 Å². The van der Waals surface area contributed by atoms with Crippen molar-refractivity contribution in [1.29, 1.82) is 0 Å². The predicted octanol–water partition coefficient (Wildman–Crippen LogP) is -0.682. The van der Waals surface area contributed by atoms with Crippen molar-refractivity contribution in [1.82, 2.24) is 10.2 Å². The van der Waals surface area contributed by atoms with E-state index in [-0.39, 0.29) is 11.8 Å². The summed E-state index contributed by atoms with van der Waals surface area (Å²) in [5.41, 5.74) is 4.75. The van der Waals surface area contributed by atoms with Crippen molar-refractivity contribution < 1.29 is 9.59 Å². The smallest absolute Gasteiger partial charge is 0.241 e. The third kappa shape index (κ3) is 4.23. The Balaban J connectivity index is 4.03. The van der Waals surface area contributed by atoms with Crippen LogP contribution in [0.15, 0.2) is 0 Å². The number of nitrogens with one attached hydrogen (secondary N) is 1. The predicted molar refractivity (Wildman–Crippen MR) is 54.6 cm³/mol. The normalized spacial score (nSPS) is 10.9. The summed E-state index contributed by atoms with van der Waals surface area (Å²) < 4.78 is 0. The second kappa shape index (κ2) is 4.95. The van der Waals surface area contributed by atoms with Crippen molar-refractivity contribution in [3.05, 3.63) is 0 Å². The van der Waals surface area contributed by atoms with E-state index < -0.39 is 5.54 Å². The zero-order valence-electron chi connectivity index (χ0n) is 9.26. The average Bonchev–Trinajstić information content (AvgIpc) is 2.10. The monoisotopic (exact) mass is 201 g/mol. The highest BCUT2D eigenvalue weighted by molar-refractivity contribution is 5.85. The molecule has 0 radical (unpaired) electrons. The highest BCUT2D eigenvalue weighted by atomic mass is 16.2. The maximum absolute atomic E-state index is 11.5. The molecule has 0 heterocycles. The molecule has 0 saturated carbocycles. The number of nitrogens with zero attached hydrogens (tertiary/aromatic N) is 1. The Morgan fingerprint density at radius 1 is 1.43 bits per heavy atom. The Kier molecular flexibility index (Phi) is 4.56. The molecule has 0 atom stereocenters. The van der Waals surface area contributed by atoms with Crippen LogP contribution in [-0.2, 0) is 9.59 Å². The number of carbonyl (C=O) groups is 2. The molecule has 5 heteroatoms. The van der Waals surface area contributed by atoms with E-state index in [1.807, 2.05) is 0 Å². The minimum absolute atomic E-state index is 0.0838. The minimum atomic E-state index is -0.878. The van der Waals surface area contributed by atoms with Crippen LogP contribution in [0.4, 0.5) is 0 Å². The van der Waals surface area contributed by atoms with E-state index in [1.54, 1.807) is 27.9 Å². The molecule has 0 aromatic rings. The zero-order chi connectivity index (χ0) is 11.4. The van der Waals surface area contributed by atoms with E-state index in [9.17, 15) is 9.59 Å². The third-order valence-electron chi connectivity index (χ3n) is 1.85. The third-order valence-corrected chi connectivity index (χ3v) is 1.85. The molecule has 0 aliphatic carbocycles. The zero-order valence-corrected chi connectivity index (χ0v) is 9.26. The van der Waals surface area contributed by atoms with Gasteiger partial charge in [0.25, 0.3) is 0 Å². The van der Waals surface area contributed by atoms with Gasteiger partial charge in [-0.3, -0.25) is 9.59 Å². The molecule has 5 nitrogen and oxygen atoms in total. The van der Waals surface area contributed by atoms with Gasteiger partial charge in [-0.05, 0) is 13.8 Å². The molecule has 82 valence electrons. The number of hydrogen-bond donors (Lipinski definition) is 2. The number of hydrogen-bond acceptors (Lipinski definition) is 3. The Hall–Kier alpha value is -1.10. The fourth-order valence-electron chi connectivity index (χ4n) is 0.988. The van der Waals surface area contributed by atoms with Gasteiger partial charge in [0.2, 0.25) is 11.8 Å². The van der Waals surface area contributed by atoms with Gasteiger partial charge in [0.1, 0.15) is 0 Å². The van der Waals surface area contributed by atoms with Gasteiger partial charge in [-0.15, -0.1) is 0 Å². The van der Waals surface area contributed by atoms with Crippen LogP contribution >= 0.6 is 0 Å². The number of nitrogens with two attached hydrogens (primary N) is 1. The van der Waals surface area contributed by atoms with Gasteiger partial charge >= 0.3 is 0 Å². The van der Waals surface area contributed by atoms with Crippen molar-refractivity contribution in [2.75, 3.05) is 20.6 Å². The average molecular weight is 201 g/mol. The van der Waals surface area contributed by atoms with Crippen molar-refractivity contribution in [3.63, 3.8) is 0 Å². The highest BCUT2D eigenvalue weighted by Gasteiger charge is 2.25. The van der Waals surface area contributed by atoms with Crippen LogP contribution in [0.25, 0.3) is 0 Å². The van der Waals surface area contributed by atoms with Gasteiger partial charge in [-0.2, -0.15) is 0 Å². The second-order valence-electron chi connectivity index (χ2n) is 3.87. The van der Waals surface area contributed by atoms with E-state index in [0.717, 1.165) is 0 Å². The first-order valence-electron chi connectivity index (χ1n) is 4.54. The largest absolute Gasteiger partial charge is 0.359 e. The summed E-state index contributed by atoms with van der Waals surface area (Å²) in [5.74, 6) is -0.249. The van der Waals surface area contributed by atoms with Crippen LogP contribution in [0.3, 0.4) is 0 Å². The molecular weight excluding hydrogens is 182 g/mol. The lowest BCUT2D eigenvalue weighted by molar-refractivity contribution is -0.134. The molecule has 0 aromatic heterocycles. The van der Waals surface area contributed by atoms with Gasteiger partial charge in [0.15, 0.2) is 0 Å². The fraction of sp³-hybridized carbons (Fsp3) is 0.778. The molecule has 0 bridgehead atoms. The van der Waals surface area contributed by atoms with Gasteiger partial charge in [-0.25, -0.2) is 0 Å². The molecule has 0 rings (SSSR count). The molecule has 3 N–H and O–H groups in total. The Morgan fingerprint density at radius 3 is 2.29 bits per heavy atom. The first-order valence-corrected chi connectivity index (χ1v) is 4.54. The molecule has 2 amide bonds. The molecular formula is C9H19N3O2. The van der Waals surface area contributed by atoms with Crippen molar-refractivity contribution in [2.24, 2.45) is 5.73 Å². The summed E-state index contributed by atoms with van der Waals surface area (Å²) in [6.07, 6.45) is 0.300. The molecule has 0 unspecified atom stereocenters. The second-order valence-corrected chi connectivity index (χ2v) is 3.87. The first kappa shape index (κ1) is 12.9. The van der Waals surface area contributed by atoms with Gasteiger partial charge in [-0.1, -0.05) is 0 Å². The molecule has 0 saturated heterocycles. The lowest BCUT2D eigenvalue weighted by Gasteiger charge is -2.25. The van der Waals surface area contributed by atoms with Crippen molar-refractivity contribution in [3.8, 4) is 0 Å². The van der Waals surface area contributed by atoms with E-state index >= 15 is 0 Å². The van der Waals surface area contributed by atoms with Gasteiger partial charge in [0, 0.05) is 27.1 Å². The summed E-state index contributed by atoms with van der Waals surface area (Å²) in [6.45, 7) is 3.68. The Morgan fingerprint density at radius 2 is 1.93 bits per heavy atom. The lowest BCUT2D eigenvalue weighted by Crippen LogP contribution is -2.50. The molecule has 14 heavy (non-hydrogen) atoms. The lowest BCUT2D eigenvalue weighted by atomic mass is 10.1. The summed E-state index contributed by atoms with van der Waals surface area (Å²) in [5, 5.41) is 2.49. The summed E-state index contributed by atoms with van der Waals surface area (Å²) in [4.78, 5) is 23.9. The molecule has 0 spiro atoms. The Labute approximate surface area is 84.6 Å². The van der Waals surface area contributed by atoms with Gasteiger partial charge in [0.05, 0.1) is 5.54 Å². The first-order chi connectivity index (χ1) is 6.29. The van der Waals surface area contributed by atoms with Crippen LogP contribution in [0.1, 0.15) is 20.3 Å². The molecule has 0 aliphatic heterocycles. The van der Waals surface area contributed by atoms with E-state index in [2.05, 4.69) is 5.32 Å². The molecule has 0 aromatic carbocycles. The van der Waals surface area contributed by atoms with E-state index in [1.165, 1.54) is 4.90 Å². The van der Waals surface area contributed by atoms with Crippen LogP contribution in [-0.4, -0.2) is 42.9 Å². The molecule has 0 aliphatic rings. The van der Waals surface area contributed by atoms with Crippen LogP contribution in [0, 0.1) is 0 Å². The number of amides is 2. The number of likely N-dealkylation sites (N-methyl/N-ethyl adjacent to an activating group) is 1. The summed E-state index contributed by atoms with van der Waals surface area (Å²) in [6, 6.07) is 0. The van der Waals surface area contributed by atoms with Crippen LogP contribution < -0.4 is 11.1 Å². The van der Waals surface area contributed by atoms with Gasteiger partial charge < -0.3 is 16.0 Å². The maximum Gasteiger partial charge on any atom is 0.241 e. The standard InChI is InChI=1S/C9H19N3O2/c1-9(2,10)8(14)12(4)6-5-7(13)11-3/h5-6,10H2,1-4H3,(H,11,13). The SMILES string of the molecule is CNC(=O)CCN(C)C(=O)C(C)(C)N. The Bertz CT molecular complexity index is 221. The van der Waals surface area contributed by atoms with E-state index in [4.69, 9.17) is 5.73 Å². The molecule has 0 fully saturated rings. The van der Waals surface area contributed by atoms with Crippen molar-refractivity contribution in [2.45, 2.75) is 25.8 Å². The summed E-state index contributed by atoms with van der Waals surface area (Å²) >= 11 is 0. The topological polar surface area (TPSA) is 75.4 Å². The number of carbonyl (C=O) groups excluding carboxylic acids is 2. The van der Waals surface area contributed by atoms with Crippen LogP contribution in [0.5, 0.6) is 0 Å². The highest BCUT2D eigenvalue weighted by Crippen LogP contribution is 2.02.